The molecule has 212 valence electrons. The van der Waals surface area contributed by atoms with Crippen molar-refractivity contribution in [2.24, 2.45) is 5.10 Å². The van der Waals surface area contributed by atoms with Crippen LogP contribution in [0.4, 0.5) is 13.2 Å². The van der Waals surface area contributed by atoms with E-state index in [0.717, 1.165) is 86.7 Å². The Kier molecular flexibility index (Phi) is 8.00. The van der Waals surface area contributed by atoms with Crippen LogP contribution in [0.2, 0.25) is 0 Å². The second kappa shape index (κ2) is 11.3. The maximum absolute atomic E-state index is 13.9. The number of nitrogens with one attached hydrogen (secondary N) is 2. The zero-order valence-corrected chi connectivity index (χ0v) is 23.3. The van der Waals surface area contributed by atoms with E-state index in [1.807, 2.05) is 20.1 Å². The van der Waals surface area contributed by atoms with Gasteiger partial charge < -0.3 is 20.1 Å². The van der Waals surface area contributed by atoms with E-state index in [-0.39, 0.29) is 17.5 Å². The van der Waals surface area contributed by atoms with E-state index in [2.05, 4.69) is 55.5 Å². The number of nitrogens with zero attached hydrogens (tertiary/aromatic N) is 6. The fourth-order valence-corrected chi connectivity index (χ4v) is 6.11. The van der Waals surface area contributed by atoms with Crippen molar-refractivity contribution in [3.63, 3.8) is 0 Å². The molecule has 11 heteroatoms. The molecule has 2 aromatic heterocycles. The topological polar surface area (TPSA) is 75.7 Å². The standard InChI is InChI=1S/C28H39F3N8/c1-5-8-19-18(3)24-20-16-32-35-22(20)15-23(39(6-2)10-7-9-38-13-11-37(4)12-14-38)26(24)34-25(19)21-17-33-36-27(21)28(29,30)31/h15-17,20,22,35H,5-14H2,1-4H3,(H,33,36). The first kappa shape index (κ1) is 27.6. The van der Waals surface area contributed by atoms with Gasteiger partial charge in [0.05, 0.1) is 34.9 Å². The van der Waals surface area contributed by atoms with E-state index < -0.39 is 11.9 Å². The van der Waals surface area contributed by atoms with Gasteiger partial charge in [0.15, 0.2) is 0 Å². The van der Waals surface area contributed by atoms with Gasteiger partial charge in [-0.1, -0.05) is 13.3 Å². The zero-order chi connectivity index (χ0) is 27.7. The third kappa shape index (κ3) is 5.43. The van der Waals surface area contributed by atoms with Crippen LogP contribution < -0.4 is 5.43 Å². The normalized spacial score (nSPS) is 21.5. The number of halogens is 3. The number of hydrazone groups is 1. The van der Waals surface area contributed by atoms with Crippen LogP contribution >= 0.6 is 0 Å². The summed E-state index contributed by atoms with van der Waals surface area (Å²) in [4.78, 5) is 12.2. The molecule has 4 heterocycles. The molecule has 0 bridgehead atoms. The fraction of sp³-hybridized carbons (Fsp3) is 0.607. The minimum Gasteiger partial charge on any atom is -0.370 e. The lowest BCUT2D eigenvalue weighted by molar-refractivity contribution is -0.140. The summed E-state index contributed by atoms with van der Waals surface area (Å²) in [6.07, 6.45) is 3.21. The van der Waals surface area contributed by atoms with Gasteiger partial charge in [0.25, 0.3) is 0 Å². The van der Waals surface area contributed by atoms with Crippen LogP contribution in [0.5, 0.6) is 0 Å². The summed E-state index contributed by atoms with van der Waals surface area (Å²) >= 11 is 0. The van der Waals surface area contributed by atoms with Gasteiger partial charge in [-0.15, -0.1) is 0 Å². The van der Waals surface area contributed by atoms with E-state index in [0.29, 0.717) is 12.1 Å². The molecule has 1 aliphatic carbocycles. The monoisotopic (exact) mass is 544 g/mol. The highest BCUT2D eigenvalue weighted by Crippen LogP contribution is 2.43. The third-order valence-electron chi connectivity index (χ3n) is 8.28. The molecule has 0 amide bonds. The zero-order valence-electron chi connectivity index (χ0n) is 23.3. The lowest BCUT2D eigenvalue weighted by Crippen LogP contribution is -2.45. The second-order valence-corrected chi connectivity index (χ2v) is 10.8. The van der Waals surface area contributed by atoms with E-state index in [4.69, 9.17) is 4.98 Å². The van der Waals surface area contributed by atoms with Crippen LogP contribution in [0.3, 0.4) is 0 Å². The smallest absolute Gasteiger partial charge is 0.370 e. The highest BCUT2D eigenvalue weighted by molar-refractivity contribution is 5.83. The molecule has 39 heavy (non-hydrogen) atoms. The van der Waals surface area contributed by atoms with Gasteiger partial charge in [0.2, 0.25) is 0 Å². The average Bonchev–Trinajstić information content (AvgIpc) is 3.58. The summed E-state index contributed by atoms with van der Waals surface area (Å²) in [5.74, 6) is -0.00334. The Morgan fingerprint density at radius 2 is 1.90 bits per heavy atom. The first-order chi connectivity index (χ1) is 18.7. The summed E-state index contributed by atoms with van der Waals surface area (Å²) in [6, 6.07) is -0.000306. The number of fused-ring (bicyclic) bond motifs is 3. The number of aromatic amines is 1. The van der Waals surface area contributed by atoms with Gasteiger partial charge in [-0.05, 0) is 63.0 Å². The highest BCUT2D eigenvalue weighted by Gasteiger charge is 2.40. The Balaban J connectivity index is 1.53. The van der Waals surface area contributed by atoms with Crippen LogP contribution in [0, 0.1) is 6.92 Å². The number of H-pyrrole nitrogens is 1. The molecule has 2 N–H and O–H groups in total. The van der Waals surface area contributed by atoms with Gasteiger partial charge in [-0.3, -0.25) is 5.10 Å². The van der Waals surface area contributed by atoms with E-state index in [1.54, 1.807) is 0 Å². The lowest BCUT2D eigenvalue weighted by Gasteiger charge is -2.36. The predicted molar refractivity (Wildman–Crippen MR) is 147 cm³/mol. The Bertz CT molecular complexity index is 1230. The SMILES string of the molecule is CCCc1c(-c2cn[nH]c2C(F)(F)F)nc2c(c1C)C1C=NNC1C=C2N(CC)CCCN1CCN(C)CC1. The number of alkyl halides is 3. The fourth-order valence-electron chi connectivity index (χ4n) is 6.11. The maximum Gasteiger partial charge on any atom is 0.433 e. The van der Waals surface area contributed by atoms with Crippen molar-refractivity contribution in [3.8, 4) is 11.3 Å². The van der Waals surface area contributed by atoms with Gasteiger partial charge in [-0.25, -0.2) is 4.98 Å². The number of aromatic nitrogens is 3. The van der Waals surface area contributed by atoms with Gasteiger partial charge in [0, 0.05) is 51.4 Å². The van der Waals surface area contributed by atoms with Crippen molar-refractivity contribution in [1.29, 1.82) is 0 Å². The molecule has 1 saturated heterocycles. The summed E-state index contributed by atoms with van der Waals surface area (Å²) in [5.41, 5.74) is 7.39. The molecular formula is C28H39F3N8. The lowest BCUT2D eigenvalue weighted by atomic mass is 9.80. The van der Waals surface area contributed by atoms with Crippen LogP contribution in [0.25, 0.3) is 17.0 Å². The second-order valence-electron chi connectivity index (χ2n) is 10.8. The van der Waals surface area contributed by atoms with Crippen molar-refractivity contribution in [3.05, 3.63) is 40.4 Å². The van der Waals surface area contributed by atoms with Crippen molar-refractivity contribution in [2.75, 3.05) is 52.9 Å². The first-order valence-corrected chi connectivity index (χ1v) is 14.0. The van der Waals surface area contributed by atoms with Crippen molar-refractivity contribution < 1.29 is 13.2 Å². The maximum atomic E-state index is 13.9. The minimum atomic E-state index is -4.55. The Labute approximate surface area is 228 Å². The number of hydrogen-bond donors (Lipinski definition) is 2. The number of hydrogen-bond acceptors (Lipinski definition) is 7. The number of rotatable bonds is 9. The largest absolute Gasteiger partial charge is 0.433 e. The van der Waals surface area contributed by atoms with Gasteiger partial charge in [0.1, 0.15) is 5.69 Å². The molecule has 3 aliphatic rings. The highest BCUT2D eigenvalue weighted by atomic mass is 19.4. The van der Waals surface area contributed by atoms with Crippen molar-refractivity contribution in [2.45, 2.75) is 58.2 Å². The van der Waals surface area contributed by atoms with Gasteiger partial charge in [-0.2, -0.15) is 23.4 Å². The molecule has 2 atom stereocenters. The van der Waals surface area contributed by atoms with E-state index >= 15 is 0 Å². The van der Waals surface area contributed by atoms with E-state index in [9.17, 15) is 13.2 Å². The Morgan fingerprint density at radius 1 is 1.13 bits per heavy atom. The van der Waals surface area contributed by atoms with Crippen LogP contribution in [-0.4, -0.2) is 95.0 Å². The first-order valence-electron chi connectivity index (χ1n) is 14.0. The van der Waals surface area contributed by atoms with Gasteiger partial charge >= 0.3 is 6.18 Å². The number of piperazine rings is 1. The molecule has 2 aliphatic heterocycles. The van der Waals surface area contributed by atoms with Crippen molar-refractivity contribution >= 4 is 11.9 Å². The van der Waals surface area contributed by atoms with Crippen molar-refractivity contribution in [1.82, 2.24) is 35.3 Å². The van der Waals surface area contributed by atoms with E-state index in [1.165, 1.54) is 6.20 Å². The molecular weight excluding hydrogens is 505 g/mol. The minimum absolute atomic E-state index is 0.000306. The summed E-state index contributed by atoms with van der Waals surface area (Å²) < 4.78 is 41.8. The molecule has 0 aromatic carbocycles. The Morgan fingerprint density at radius 3 is 2.59 bits per heavy atom. The molecule has 0 radical (unpaired) electrons. The summed E-state index contributed by atoms with van der Waals surface area (Å²) in [6.45, 7) is 13.2. The summed E-state index contributed by atoms with van der Waals surface area (Å²) in [5, 5.41) is 10.3. The number of likely N-dealkylation sites (N-methyl/N-ethyl adjacent to an activating group) is 1. The molecule has 2 unspecified atom stereocenters. The quantitative estimate of drug-likeness (QED) is 0.495. The van der Waals surface area contributed by atoms with Crippen LogP contribution in [-0.2, 0) is 12.6 Å². The third-order valence-corrected chi connectivity index (χ3v) is 8.28. The molecule has 0 saturated carbocycles. The van der Waals surface area contributed by atoms with Crippen LogP contribution in [0.1, 0.15) is 60.7 Å². The van der Waals surface area contributed by atoms with Crippen LogP contribution in [0.15, 0.2) is 17.4 Å². The molecule has 5 rings (SSSR count). The summed E-state index contributed by atoms with van der Waals surface area (Å²) in [7, 11) is 2.16. The molecule has 1 fully saturated rings. The molecule has 0 spiro atoms. The molecule has 8 nitrogen and oxygen atoms in total. The average molecular weight is 545 g/mol. The number of pyridine rings is 1. The predicted octanol–water partition coefficient (Wildman–Crippen LogP) is 4.11. The Hall–Kier alpha value is -2.92. The molecule has 2 aromatic rings.